The predicted molar refractivity (Wildman–Crippen MR) is 86.6 cm³/mol. The van der Waals surface area contributed by atoms with Gasteiger partial charge >= 0.3 is 0 Å². The van der Waals surface area contributed by atoms with E-state index < -0.39 is 0 Å². The normalized spacial score (nSPS) is 14.5. The van der Waals surface area contributed by atoms with Crippen LogP contribution in [0.25, 0.3) is 0 Å². The molecule has 1 unspecified atom stereocenters. The van der Waals surface area contributed by atoms with E-state index in [1.54, 1.807) is 0 Å². The lowest BCUT2D eigenvalue weighted by atomic mass is 9.99. The number of rotatable bonds is 6. The zero-order chi connectivity index (χ0) is 14.5. The van der Waals surface area contributed by atoms with Crippen LogP contribution < -0.4 is 10.5 Å². The van der Waals surface area contributed by atoms with Crippen molar-refractivity contribution in [1.29, 1.82) is 0 Å². The molecule has 2 aromatic rings. The Bertz CT molecular complexity index is 579. The molecule has 1 aliphatic rings. The molecular weight excluding hydrogens is 258 g/mol. The molecule has 0 aromatic heterocycles. The lowest BCUT2D eigenvalue weighted by Gasteiger charge is -2.11. The van der Waals surface area contributed by atoms with Gasteiger partial charge in [0.15, 0.2) is 0 Å². The molecule has 0 amide bonds. The molecule has 0 spiro atoms. The topological polar surface area (TPSA) is 35.2 Å². The van der Waals surface area contributed by atoms with Crippen molar-refractivity contribution in [3.8, 4) is 5.75 Å². The molecule has 0 bridgehead atoms. The monoisotopic (exact) mass is 281 g/mol. The van der Waals surface area contributed by atoms with Crippen molar-refractivity contribution in [3.05, 3.63) is 65.2 Å². The first-order chi connectivity index (χ1) is 10.3. The summed E-state index contributed by atoms with van der Waals surface area (Å²) in [5.74, 6) is 1.07. The number of hydrogen-bond donors (Lipinski definition) is 1. The van der Waals surface area contributed by atoms with E-state index in [9.17, 15) is 0 Å². The first-order valence-electron chi connectivity index (χ1n) is 7.88. The number of fused-ring (bicyclic) bond motifs is 1. The summed E-state index contributed by atoms with van der Waals surface area (Å²) in [6, 6.07) is 17.2. The molecule has 2 N–H and O–H groups in total. The van der Waals surface area contributed by atoms with E-state index in [-0.39, 0.29) is 6.04 Å². The Morgan fingerprint density at radius 1 is 1.05 bits per heavy atom. The maximum atomic E-state index is 6.23. The molecule has 1 aliphatic heterocycles. The van der Waals surface area contributed by atoms with Crippen LogP contribution in [-0.2, 0) is 12.8 Å². The minimum atomic E-state index is 0.166. The highest BCUT2D eigenvalue weighted by Crippen LogP contribution is 2.26. The van der Waals surface area contributed by atoms with Gasteiger partial charge in [-0.1, -0.05) is 48.9 Å². The second kappa shape index (κ2) is 6.77. The summed E-state index contributed by atoms with van der Waals surface area (Å²) in [4.78, 5) is 0. The van der Waals surface area contributed by atoms with Crippen LogP contribution in [0.15, 0.2) is 48.5 Å². The van der Waals surface area contributed by atoms with Gasteiger partial charge in [0.25, 0.3) is 0 Å². The SMILES string of the molecule is NC(CCCCc1ccc2c(c1)CCO2)c1ccccc1. The van der Waals surface area contributed by atoms with E-state index in [0.29, 0.717) is 0 Å². The van der Waals surface area contributed by atoms with Crippen molar-refractivity contribution in [2.24, 2.45) is 5.73 Å². The van der Waals surface area contributed by atoms with Crippen molar-refractivity contribution in [2.45, 2.75) is 38.1 Å². The molecule has 0 saturated carbocycles. The third-order valence-electron chi connectivity index (χ3n) is 4.21. The van der Waals surface area contributed by atoms with Gasteiger partial charge in [0, 0.05) is 12.5 Å². The molecular formula is C19H23NO. The molecule has 3 rings (SSSR count). The van der Waals surface area contributed by atoms with E-state index in [4.69, 9.17) is 10.5 Å². The Hall–Kier alpha value is -1.80. The standard InChI is InChI=1S/C19H23NO/c20-18(16-7-2-1-3-8-16)9-5-4-6-15-10-11-19-17(14-15)12-13-21-19/h1-3,7-8,10-11,14,18H,4-6,9,12-13,20H2. The zero-order valence-corrected chi connectivity index (χ0v) is 12.4. The van der Waals surface area contributed by atoms with Crippen molar-refractivity contribution in [1.82, 2.24) is 0 Å². The minimum absolute atomic E-state index is 0.166. The summed E-state index contributed by atoms with van der Waals surface area (Å²) in [6.45, 7) is 0.838. The van der Waals surface area contributed by atoms with Gasteiger partial charge in [0.05, 0.1) is 6.61 Å². The van der Waals surface area contributed by atoms with Crippen molar-refractivity contribution in [3.63, 3.8) is 0 Å². The third-order valence-corrected chi connectivity index (χ3v) is 4.21. The Kier molecular flexibility index (Phi) is 4.56. The van der Waals surface area contributed by atoms with Gasteiger partial charge < -0.3 is 10.5 Å². The van der Waals surface area contributed by atoms with Crippen LogP contribution in [-0.4, -0.2) is 6.61 Å². The molecule has 2 nitrogen and oxygen atoms in total. The van der Waals surface area contributed by atoms with Crippen LogP contribution in [0.3, 0.4) is 0 Å². The summed E-state index contributed by atoms with van der Waals surface area (Å²) >= 11 is 0. The maximum Gasteiger partial charge on any atom is 0.122 e. The maximum absolute atomic E-state index is 6.23. The molecule has 0 aliphatic carbocycles. The van der Waals surface area contributed by atoms with Crippen LogP contribution in [0.2, 0.25) is 0 Å². The number of unbranched alkanes of at least 4 members (excludes halogenated alkanes) is 1. The van der Waals surface area contributed by atoms with Gasteiger partial charge in [0.1, 0.15) is 5.75 Å². The quantitative estimate of drug-likeness (QED) is 0.811. The Morgan fingerprint density at radius 3 is 2.76 bits per heavy atom. The summed E-state index contributed by atoms with van der Waals surface area (Å²) in [5.41, 5.74) is 10.3. The van der Waals surface area contributed by atoms with Crippen molar-refractivity contribution >= 4 is 0 Å². The van der Waals surface area contributed by atoms with Gasteiger partial charge in [-0.25, -0.2) is 0 Å². The second-order valence-corrected chi connectivity index (χ2v) is 5.80. The molecule has 1 heterocycles. The fourth-order valence-electron chi connectivity index (χ4n) is 2.96. The van der Waals surface area contributed by atoms with Crippen LogP contribution >= 0.6 is 0 Å². The lowest BCUT2D eigenvalue weighted by Crippen LogP contribution is -2.09. The fourth-order valence-corrected chi connectivity index (χ4v) is 2.96. The van der Waals surface area contributed by atoms with Gasteiger partial charge in [-0.05, 0) is 42.0 Å². The first-order valence-corrected chi connectivity index (χ1v) is 7.88. The average Bonchev–Trinajstić information content (AvgIpc) is 3.00. The van der Waals surface area contributed by atoms with E-state index in [1.165, 1.54) is 29.5 Å². The summed E-state index contributed by atoms with van der Waals surface area (Å²) in [5, 5.41) is 0. The van der Waals surface area contributed by atoms with Crippen LogP contribution in [0.4, 0.5) is 0 Å². The van der Waals surface area contributed by atoms with E-state index >= 15 is 0 Å². The minimum Gasteiger partial charge on any atom is -0.493 e. The summed E-state index contributed by atoms with van der Waals surface area (Å²) < 4.78 is 5.54. The van der Waals surface area contributed by atoms with Gasteiger partial charge in [-0.15, -0.1) is 0 Å². The molecule has 0 radical (unpaired) electrons. The van der Waals surface area contributed by atoms with E-state index in [0.717, 1.165) is 31.6 Å². The van der Waals surface area contributed by atoms with E-state index in [1.807, 2.05) is 6.07 Å². The Balaban J connectivity index is 1.44. The molecule has 2 heteroatoms. The van der Waals surface area contributed by atoms with Gasteiger partial charge in [-0.2, -0.15) is 0 Å². The molecule has 21 heavy (non-hydrogen) atoms. The number of aryl methyl sites for hydroxylation is 1. The number of nitrogens with two attached hydrogens (primary N) is 1. The second-order valence-electron chi connectivity index (χ2n) is 5.80. The average molecular weight is 281 g/mol. The van der Waals surface area contributed by atoms with Crippen molar-refractivity contribution < 1.29 is 4.74 Å². The van der Waals surface area contributed by atoms with Crippen LogP contribution in [0.5, 0.6) is 5.75 Å². The highest BCUT2D eigenvalue weighted by atomic mass is 16.5. The third kappa shape index (κ3) is 3.64. The smallest absolute Gasteiger partial charge is 0.122 e. The zero-order valence-electron chi connectivity index (χ0n) is 12.4. The first kappa shape index (κ1) is 14.2. The molecule has 0 saturated heterocycles. The largest absolute Gasteiger partial charge is 0.493 e. The number of hydrogen-bond acceptors (Lipinski definition) is 2. The van der Waals surface area contributed by atoms with Crippen LogP contribution in [0.1, 0.15) is 42.0 Å². The molecule has 0 fully saturated rings. The van der Waals surface area contributed by atoms with Crippen molar-refractivity contribution in [2.75, 3.05) is 6.61 Å². The highest BCUT2D eigenvalue weighted by Gasteiger charge is 2.11. The highest BCUT2D eigenvalue weighted by molar-refractivity contribution is 5.39. The van der Waals surface area contributed by atoms with Gasteiger partial charge in [-0.3, -0.25) is 0 Å². The van der Waals surface area contributed by atoms with Gasteiger partial charge in [0.2, 0.25) is 0 Å². The summed E-state index contributed by atoms with van der Waals surface area (Å²) in [6.07, 6.45) is 5.61. The molecule has 2 aromatic carbocycles. The number of benzene rings is 2. The molecule has 1 atom stereocenters. The number of ether oxygens (including phenoxy) is 1. The van der Waals surface area contributed by atoms with Crippen LogP contribution in [0, 0.1) is 0 Å². The predicted octanol–water partition coefficient (Wildman–Crippen LogP) is 4.03. The Morgan fingerprint density at radius 2 is 1.90 bits per heavy atom. The molecule has 110 valence electrons. The van der Waals surface area contributed by atoms with E-state index in [2.05, 4.69) is 42.5 Å². The Labute approximate surface area is 126 Å². The summed E-state index contributed by atoms with van der Waals surface area (Å²) in [7, 11) is 0. The fraction of sp³-hybridized carbons (Fsp3) is 0.368. The lowest BCUT2D eigenvalue weighted by molar-refractivity contribution is 0.357.